The molecule has 1 heterocycles. The molecule has 0 aliphatic carbocycles. The monoisotopic (exact) mass is 324 g/mol. The third-order valence-corrected chi connectivity index (χ3v) is 2.96. The van der Waals surface area contributed by atoms with Gasteiger partial charge in [-0.2, -0.15) is 0 Å². The van der Waals surface area contributed by atoms with Crippen molar-refractivity contribution in [2.24, 2.45) is 5.73 Å². The first kappa shape index (κ1) is 14.0. The van der Waals surface area contributed by atoms with Crippen LogP contribution in [0, 0.1) is 5.82 Å². The van der Waals surface area contributed by atoms with E-state index in [1.54, 1.807) is 24.4 Å². The van der Waals surface area contributed by atoms with Crippen LogP contribution in [0.25, 0.3) is 0 Å². The molecule has 0 spiro atoms. The molecule has 0 saturated heterocycles. The molecule has 3 nitrogen and oxygen atoms in total. The van der Waals surface area contributed by atoms with E-state index in [-0.39, 0.29) is 11.8 Å². The number of halogens is 2. The molecule has 1 aromatic heterocycles. The molecular formula is C14H14BrFN2O. The SMILES string of the molecule is CC(N)Cc1ccc(Oc2cc(Br)ccc2F)nc1. The van der Waals surface area contributed by atoms with Gasteiger partial charge in [-0.25, -0.2) is 9.37 Å². The van der Waals surface area contributed by atoms with Crippen LogP contribution in [-0.4, -0.2) is 11.0 Å². The highest BCUT2D eigenvalue weighted by molar-refractivity contribution is 9.10. The number of hydrogen-bond donors (Lipinski definition) is 1. The number of pyridine rings is 1. The fraction of sp³-hybridized carbons (Fsp3) is 0.214. The molecule has 0 bridgehead atoms. The first-order valence-electron chi connectivity index (χ1n) is 5.88. The predicted molar refractivity (Wildman–Crippen MR) is 75.8 cm³/mol. The first-order valence-corrected chi connectivity index (χ1v) is 6.67. The van der Waals surface area contributed by atoms with Crippen molar-refractivity contribution in [2.75, 3.05) is 0 Å². The summed E-state index contributed by atoms with van der Waals surface area (Å²) in [6.07, 6.45) is 2.44. The summed E-state index contributed by atoms with van der Waals surface area (Å²) in [6, 6.07) is 8.17. The Labute approximate surface area is 119 Å². The summed E-state index contributed by atoms with van der Waals surface area (Å²) < 4.78 is 19.7. The van der Waals surface area contributed by atoms with Gasteiger partial charge in [-0.05, 0) is 37.1 Å². The van der Waals surface area contributed by atoms with E-state index >= 15 is 0 Å². The van der Waals surface area contributed by atoms with Crippen LogP contribution in [0.1, 0.15) is 12.5 Å². The summed E-state index contributed by atoms with van der Waals surface area (Å²) in [6.45, 7) is 1.93. The third-order valence-electron chi connectivity index (χ3n) is 2.46. The summed E-state index contributed by atoms with van der Waals surface area (Å²) in [7, 11) is 0. The molecule has 0 fully saturated rings. The fourth-order valence-electron chi connectivity index (χ4n) is 1.63. The van der Waals surface area contributed by atoms with Gasteiger partial charge < -0.3 is 10.5 Å². The highest BCUT2D eigenvalue weighted by Gasteiger charge is 2.06. The Morgan fingerprint density at radius 1 is 1.37 bits per heavy atom. The van der Waals surface area contributed by atoms with Crippen LogP contribution >= 0.6 is 15.9 Å². The zero-order chi connectivity index (χ0) is 13.8. The van der Waals surface area contributed by atoms with Crippen molar-refractivity contribution in [3.8, 4) is 11.6 Å². The van der Waals surface area contributed by atoms with Crippen LogP contribution in [0.15, 0.2) is 41.0 Å². The van der Waals surface area contributed by atoms with Crippen LogP contribution < -0.4 is 10.5 Å². The molecule has 2 rings (SSSR count). The average Bonchev–Trinajstić information content (AvgIpc) is 2.35. The quantitative estimate of drug-likeness (QED) is 0.933. The number of rotatable bonds is 4. The number of benzene rings is 1. The predicted octanol–water partition coefficient (Wildman–Crippen LogP) is 3.67. The van der Waals surface area contributed by atoms with Crippen LogP contribution in [0.5, 0.6) is 11.6 Å². The summed E-state index contributed by atoms with van der Waals surface area (Å²) >= 11 is 3.27. The maximum atomic E-state index is 13.5. The highest BCUT2D eigenvalue weighted by Crippen LogP contribution is 2.26. The van der Waals surface area contributed by atoms with Gasteiger partial charge in [-0.3, -0.25) is 0 Å². The van der Waals surface area contributed by atoms with Gasteiger partial charge in [-0.1, -0.05) is 22.0 Å². The number of aromatic nitrogens is 1. The van der Waals surface area contributed by atoms with Gasteiger partial charge in [0.25, 0.3) is 0 Å². The van der Waals surface area contributed by atoms with Crippen LogP contribution in [0.3, 0.4) is 0 Å². The Morgan fingerprint density at radius 2 is 2.16 bits per heavy atom. The number of hydrogen-bond acceptors (Lipinski definition) is 3. The number of nitrogens with two attached hydrogens (primary N) is 1. The molecule has 0 aliphatic rings. The van der Waals surface area contributed by atoms with Gasteiger partial charge in [0.15, 0.2) is 11.6 Å². The normalized spacial score (nSPS) is 12.2. The Bertz CT molecular complexity index is 558. The van der Waals surface area contributed by atoms with Crippen molar-refractivity contribution >= 4 is 15.9 Å². The second kappa shape index (κ2) is 6.12. The van der Waals surface area contributed by atoms with E-state index in [2.05, 4.69) is 20.9 Å². The molecule has 5 heteroatoms. The van der Waals surface area contributed by atoms with E-state index < -0.39 is 5.82 Å². The molecule has 2 aromatic rings. The Kier molecular flexibility index (Phi) is 4.50. The largest absolute Gasteiger partial charge is 0.436 e. The maximum Gasteiger partial charge on any atom is 0.219 e. The smallest absolute Gasteiger partial charge is 0.219 e. The van der Waals surface area contributed by atoms with Crippen molar-refractivity contribution in [2.45, 2.75) is 19.4 Å². The summed E-state index contributed by atoms with van der Waals surface area (Å²) in [5, 5.41) is 0. The van der Waals surface area contributed by atoms with Crippen molar-refractivity contribution in [3.05, 3.63) is 52.4 Å². The van der Waals surface area contributed by atoms with Gasteiger partial charge in [0.05, 0.1) is 0 Å². The lowest BCUT2D eigenvalue weighted by Crippen LogP contribution is -2.17. The Balaban J connectivity index is 2.13. The minimum Gasteiger partial charge on any atom is -0.436 e. The van der Waals surface area contributed by atoms with Crippen LogP contribution in [-0.2, 0) is 6.42 Å². The Hall–Kier alpha value is -1.46. The molecule has 19 heavy (non-hydrogen) atoms. The molecule has 1 aromatic carbocycles. The highest BCUT2D eigenvalue weighted by atomic mass is 79.9. The first-order chi connectivity index (χ1) is 9.04. The van der Waals surface area contributed by atoms with E-state index in [1.807, 2.05) is 13.0 Å². The standard InChI is InChI=1S/C14H14BrFN2O/c1-9(17)6-10-2-5-14(18-8-10)19-13-7-11(15)3-4-12(13)16/h2-5,7-9H,6,17H2,1H3. The number of nitrogens with zero attached hydrogens (tertiary/aromatic N) is 1. The van der Waals surface area contributed by atoms with Gasteiger partial charge in [-0.15, -0.1) is 0 Å². The zero-order valence-electron chi connectivity index (χ0n) is 10.4. The lowest BCUT2D eigenvalue weighted by Gasteiger charge is -2.08. The molecule has 0 saturated carbocycles. The van der Waals surface area contributed by atoms with E-state index in [1.165, 1.54) is 6.07 Å². The summed E-state index contributed by atoms with van der Waals surface area (Å²) in [4.78, 5) is 4.14. The summed E-state index contributed by atoms with van der Waals surface area (Å²) in [5.41, 5.74) is 6.73. The molecule has 1 atom stereocenters. The lowest BCUT2D eigenvalue weighted by atomic mass is 10.1. The molecule has 2 N–H and O–H groups in total. The van der Waals surface area contributed by atoms with E-state index in [0.29, 0.717) is 5.88 Å². The number of ether oxygens (including phenoxy) is 1. The van der Waals surface area contributed by atoms with Gasteiger partial charge in [0.1, 0.15) is 0 Å². The van der Waals surface area contributed by atoms with Crippen molar-refractivity contribution in [1.82, 2.24) is 4.98 Å². The van der Waals surface area contributed by atoms with Gasteiger partial charge in [0, 0.05) is 22.8 Å². The van der Waals surface area contributed by atoms with Crippen molar-refractivity contribution in [3.63, 3.8) is 0 Å². The van der Waals surface area contributed by atoms with Crippen LogP contribution in [0.4, 0.5) is 4.39 Å². The molecule has 100 valence electrons. The molecule has 0 amide bonds. The topological polar surface area (TPSA) is 48.1 Å². The fourth-order valence-corrected chi connectivity index (χ4v) is 1.97. The van der Waals surface area contributed by atoms with Gasteiger partial charge >= 0.3 is 0 Å². The van der Waals surface area contributed by atoms with Crippen molar-refractivity contribution in [1.29, 1.82) is 0 Å². The minimum absolute atomic E-state index is 0.0797. The van der Waals surface area contributed by atoms with Gasteiger partial charge in [0.2, 0.25) is 5.88 Å². The zero-order valence-corrected chi connectivity index (χ0v) is 12.0. The van der Waals surface area contributed by atoms with E-state index in [4.69, 9.17) is 10.5 Å². The molecule has 0 radical (unpaired) electrons. The third kappa shape index (κ3) is 4.01. The average molecular weight is 325 g/mol. The maximum absolute atomic E-state index is 13.5. The van der Waals surface area contributed by atoms with E-state index in [0.717, 1.165) is 16.5 Å². The molecule has 1 unspecified atom stereocenters. The second-order valence-corrected chi connectivity index (χ2v) is 5.28. The Morgan fingerprint density at radius 3 is 2.79 bits per heavy atom. The summed E-state index contributed by atoms with van der Waals surface area (Å²) in [5.74, 6) is 0.0666. The molecular weight excluding hydrogens is 311 g/mol. The minimum atomic E-state index is -0.426. The lowest BCUT2D eigenvalue weighted by molar-refractivity contribution is 0.427. The van der Waals surface area contributed by atoms with Crippen LogP contribution in [0.2, 0.25) is 0 Å². The van der Waals surface area contributed by atoms with Crippen molar-refractivity contribution < 1.29 is 9.13 Å². The molecule has 0 aliphatic heterocycles. The second-order valence-electron chi connectivity index (χ2n) is 4.36. The van der Waals surface area contributed by atoms with E-state index in [9.17, 15) is 4.39 Å².